The summed E-state index contributed by atoms with van der Waals surface area (Å²) in [6, 6.07) is 9.25. The van der Waals surface area contributed by atoms with Gasteiger partial charge >= 0.3 is 0 Å². The van der Waals surface area contributed by atoms with Gasteiger partial charge in [0.25, 0.3) is 5.91 Å². The first kappa shape index (κ1) is 16.7. The molecule has 132 valence electrons. The number of carbonyl (C=O) groups excluding carboxylic acids is 1. The maximum absolute atomic E-state index is 12.9. The van der Waals surface area contributed by atoms with Gasteiger partial charge in [0.2, 0.25) is 0 Å². The highest BCUT2D eigenvalue weighted by atomic mass is 32.1. The van der Waals surface area contributed by atoms with Gasteiger partial charge in [-0.1, -0.05) is 17.4 Å². The minimum Gasteiger partial charge on any atom is -0.487 e. The standard InChI is InChI=1S/C19H18N4O2S/c1-12-13-11-21-18(15-5-3-4-9-20-15)22-14(13)8-10-23(12)19(24)16-6-7-17(25-2)26-16/h3-7,9,11-12H,8,10H2,1-2H3. The summed E-state index contributed by atoms with van der Waals surface area (Å²) in [5.74, 6) is 0.643. The molecule has 4 heterocycles. The summed E-state index contributed by atoms with van der Waals surface area (Å²) in [5.41, 5.74) is 2.74. The van der Waals surface area contributed by atoms with Crippen LogP contribution in [0.4, 0.5) is 0 Å². The molecule has 3 aromatic heterocycles. The Hall–Kier alpha value is -2.80. The Morgan fingerprint density at radius 1 is 1.27 bits per heavy atom. The normalized spacial score (nSPS) is 16.2. The molecule has 0 saturated heterocycles. The molecule has 1 amide bonds. The molecule has 1 aliphatic rings. The van der Waals surface area contributed by atoms with Crippen LogP contribution in [0.15, 0.2) is 42.7 Å². The summed E-state index contributed by atoms with van der Waals surface area (Å²) in [6.45, 7) is 2.65. The number of nitrogens with zero attached hydrogens (tertiary/aromatic N) is 4. The molecule has 0 aliphatic carbocycles. The fourth-order valence-corrected chi connectivity index (χ4v) is 3.92. The van der Waals surface area contributed by atoms with Gasteiger partial charge in [-0.05, 0) is 31.2 Å². The molecular formula is C19H18N4O2S. The lowest BCUT2D eigenvalue weighted by Crippen LogP contribution is -2.39. The van der Waals surface area contributed by atoms with E-state index >= 15 is 0 Å². The van der Waals surface area contributed by atoms with E-state index in [2.05, 4.69) is 15.0 Å². The molecule has 1 aliphatic heterocycles. The Labute approximate surface area is 155 Å². The van der Waals surface area contributed by atoms with Gasteiger partial charge in [-0.25, -0.2) is 9.97 Å². The number of amides is 1. The van der Waals surface area contributed by atoms with Crippen molar-refractivity contribution in [2.45, 2.75) is 19.4 Å². The smallest absolute Gasteiger partial charge is 0.264 e. The van der Waals surface area contributed by atoms with Crippen LogP contribution in [-0.2, 0) is 6.42 Å². The lowest BCUT2D eigenvalue weighted by molar-refractivity contribution is 0.0680. The van der Waals surface area contributed by atoms with Gasteiger partial charge in [-0.15, -0.1) is 0 Å². The molecule has 6 nitrogen and oxygen atoms in total. The van der Waals surface area contributed by atoms with Crippen LogP contribution in [0, 0.1) is 0 Å². The van der Waals surface area contributed by atoms with Crippen LogP contribution >= 0.6 is 11.3 Å². The third kappa shape index (κ3) is 2.94. The minimum atomic E-state index is -0.0721. The predicted octanol–water partition coefficient (Wildman–Crippen LogP) is 3.37. The lowest BCUT2D eigenvalue weighted by Gasteiger charge is -2.34. The molecule has 0 bridgehead atoms. The number of carbonyl (C=O) groups is 1. The van der Waals surface area contributed by atoms with E-state index in [1.165, 1.54) is 11.3 Å². The first-order chi connectivity index (χ1) is 12.7. The molecule has 3 aromatic rings. The van der Waals surface area contributed by atoms with Gasteiger partial charge in [-0.2, -0.15) is 0 Å². The van der Waals surface area contributed by atoms with Crippen molar-refractivity contribution in [1.82, 2.24) is 19.9 Å². The molecular weight excluding hydrogens is 348 g/mol. The molecule has 0 radical (unpaired) electrons. The number of aromatic nitrogens is 3. The van der Waals surface area contributed by atoms with Crippen molar-refractivity contribution in [3.63, 3.8) is 0 Å². The highest BCUT2D eigenvalue weighted by Crippen LogP contribution is 2.32. The number of hydrogen-bond donors (Lipinski definition) is 0. The average molecular weight is 366 g/mol. The molecule has 0 saturated carbocycles. The van der Waals surface area contributed by atoms with E-state index in [9.17, 15) is 4.79 Å². The third-order valence-electron chi connectivity index (χ3n) is 4.56. The fourth-order valence-electron chi connectivity index (χ4n) is 3.15. The molecule has 0 aromatic carbocycles. The molecule has 7 heteroatoms. The van der Waals surface area contributed by atoms with Crippen LogP contribution < -0.4 is 4.74 Å². The summed E-state index contributed by atoms with van der Waals surface area (Å²) in [5, 5.41) is 0.738. The average Bonchev–Trinajstić information content (AvgIpc) is 3.17. The molecule has 1 atom stereocenters. The van der Waals surface area contributed by atoms with Crippen LogP contribution in [0.25, 0.3) is 11.5 Å². The molecule has 26 heavy (non-hydrogen) atoms. The topological polar surface area (TPSA) is 68.2 Å². The van der Waals surface area contributed by atoms with Crippen LogP contribution in [0.5, 0.6) is 5.06 Å². The third-order valence-corrected chi connectivity index (χ3v) is 5.59. The number of methoxy groups -OCH3 is 1. The molecule has 0 N–H and O–H groups in total. The van der Waals surface area contributed by atoms with Crippen LogP contribution in [-0.4, -0.2) is 39.4 Å². The Bertz CT molecular complexity index is 942. The number of thiophene rings is 1. The van der Waals surface area contributed by atoms with Gasteiger partial charge in [0, 0.05) is 30.9 Å². The summed E-state index contributed by atoms with van der Waals surface area (Å²) < 4.78 is 5.19. The molecule has 4 rings (SSSR count). The van der Waals surface area contributed by atoms with Crippen LogP contribution in [0.3, 0.4) is 0 Å². The maximum Gasteiger partial charge on any atom is 0.264 e. The van der Waals surface area contributed by atoms with E-state index in [0.29, 0.717) is 23.7 Å². The van der Waals surface area contributed by atoms with Crippen molar-refractivity contribution in [2.24, 2.45) is 0 Å². The minimum absolute atomic E-state index is 0.0188. The molecule has 0 spiro atoms. The number of rotatable bonds is 3. The Morgan fingerprint density at radius 3 is 2.88 bits per heavy atom. The van der Waals surface area contributed by atoms with Gasteiger partial charge in [0.1, 0.15) is 5.69 Å². The highest BCUT2D eigenvalue weighted by Gasteiger charge is 2.30. The SMILES string of the molecule is COc1ccc(C(=O)N2CCc3nc(-c4ccccn4)ncc3C2C)s1. The monoisotopic (exact) mass is 366 g/mol. The predicted molar refractivity (Wildman–Crippen MR) is 99.3 cm³/mol. The van der Waals surface area contributed by atoms with Crippen LogP contribution in [0.2, 0.25) is 0 Å². The summed E-state index contributed by atoms with van der Waals surface area (Å²) in [4.78, 5) is 28.9. The van der Waals surface area contributed by atoms with Gasteiger partial charge in [0.05, 0.1) is 23.7 Å². The summed E-state index contributed by atoms with van der Waals surface area (Å²) >= 11 is 1.36. The van der Waals surface area contributed by atoms with Gasteiger partial charge in [-0.3, -0.25) is 9.78 Å². The van der Waals surface area contributed by atoms with Crippen molar-refractivity contribution in [3.05, 3.63) is 58.9 Å². The number of pyridine rings is 1. The van der Waals surface area contributed by atoms with E-state index in [0.717, 1.165) is 22.0 Å². The van der Waals surface area contributed by atoms with Crippen molar-refractivity contribution in [1.29, 1.82) is 0 Å². The lowest BCUT2D eigenvalue weighted by atomic mass is 9.99. The number of fused-ring (bicyclic) bond motifs is 1. The van der Waals surface area contributed by atoms with Gasteiger partial charge in [0.15, 0.2) is 10.9 Å². The van der Waals surface area contributed by atoms with Crippen molar-refractivity contribution in [2.75, 3.05) is 13.7 Å². The van der Waals surface area contributed by atoms with E-state index in [1.54, 1.807) is 13.3 Å². The van der Waals surface area contributed by atoms with Crippen molar-refractivity contribution < 1.29 is 9.53 Å². The Kier molecular flexibility index (Phi) is 4.38. The fraction of sp³-hybridized carbons (Fsp3) is 0.263. The molecule has 0 fully saturated rings. The van der Waals surface area contributed by atoms with E-state index in [-0.39, 0.29) is 11.9 Å². The number of hydrogen-bond acceptors (Lipinski definition) is 6. The second-order valence-electron chi connectivity index (χ2n) is 6.06. The number of ether oxygens (including phenoxy) is 1. The summed E-state index contributed by atoms with van der Waals surface area (Å²) in [6.07, 6.45) is 4.26. The zero-order chi connectivity index (χ0) is 18.1. The first-order valence-electron chi connectivity index (χ1n) is 8.39. The van der Waals surface area contributed by atoms with E-state index in [1.807, 2.05) is 48.4 Å². The highest BCUT2D eigenvalue weighted by molar-refractivity contribution is 7.15. The largest absolute Gasteiger partial charge is 0.487 e. The second kappa shape index (κ2) is 6.84. The van der Waals surface area contributed by atoms with Gasteiger partial charge < -0.3 is 9.64 Å². The maximum atomic E-state index is 12.9. The Balaban J connectivity index is 1.60. The zero-order valence-electron chi connectivity index (χ0n) is 14.5. The van der Waals surface area contributed by atoms with Crippen molar-refractivity contribution >= 4 is 17.2 Å². The van der Waals surface area contributed by atoms with E-state index < -0.39 is 0 Å². The van der Waals surface area contributed by atoms with E-state index in [4.69, 9.17) is 4.74 Å². The Morgan fingerprint density at radius 2 is 2.15 bits per heavy atom. The quantitative estimate of drug-likeness (QED) is 0.711. The first-order valence-corrected chi connectivity index (χ1v) is 9.21. The van der Waals surface area contributed by atoms with Crippen LogP contribution in [0.1, 0.15) is 33.9 Å². The summed E-state index contributed by atoms with van der Waals surface area (Å²) in [7, 11) is 1.61. The zero-order valence-corrected chi connectivity index (χ0v) is 15.4. The van der Waals surface area contributed by atoms with Crippen molar-refractivity contribution in [3.8, 4) is 16.6 Å². The second-order valence-corrected chi connectivity index (χ2v) is 7.10. The molecule has 1 unspecified atom stereocenters.